The lowest BCUT2D eigenvalue weighted by atomic mass is 10.3. The van der Waals surface area contributed by atoms with Crippen molar-refractivity contribution in [1.82, 2.24) is 20.4 Å². The van der Waals surface area contributed by atoms with Crippen molar-refractivity contribution in [2.75, 3.05) is 13.2 Å². The Kier molecular flexibility index (Phi) is 3.99. The van der Waals surface area contributed by atoms with Crippen LogP contribution in [0.1, 0.15) is 12.8 Å². The third-order valence-corrected chi connectivity index (χ3v) is 2.96. The number of nitrogens with one attached hydrogen (secondary N) is 1. The number of hydrogen-bond donors (Lipinski definition) is 1. The molecule has 0 fully saturated rings. The first-order valence-electron chi connectivity index (χ1n) is 6.71. The van der Waals surface area contributed by atoms with Crippen molar-refractivity contribution in [1.29, 1.82) is 0 Å². The van der Waals surface area contributed by atoms with Crippen LogP contribution in [0.25, 0.3) is 11.4 Å². The summed E-state index contributed by atoms with van der Waals surface area (Å²) in [5.74, 6) is 0.981. The molecule has 0 unspecified atom stereocenters. The van der Waals surface area contributed by atoms with Crippen LogP contribution in [-0.2, 0) is 20.8 Å². The molecular formula is C14H14N4O4. The molecule has 0 saturated carbocycles. The molecule has 114 valence electrons. The average molecular weight is 302 g/mol. The van der Waals surface area contributed by atoms with Crippen LogP contribution in [0.5, 0.6) is 0 Å². The molecule has 1 N–H and O–H groups in total. The van der Waals surface area contributed by atoms with E-state index < -0.39 is 0 Å². The van der Waals surface area contributed by atoms with Gasteiger partial charge in [-0.1, -0.05) is 5.16 Å². The summed E-state index contributed by atoms with van der Waals surface area (Å²) in [7, 11) is 0. The van der Waals surface area contributed by atoms with Gasteiger partial charge in [-0.3, -0.25) is 9.78 Å². The van der Waals surface area contributed by atoms with Gasteiger partial charge >= 0.3 is 0 Å². The van der Waals surface area contributed by atoms with Crippen molar-refractivity contribution >= 4 is 5.91 Å². The molecule has 8 heteroatoms. The number of pyridine rings is 1. The smallest absolute Gasteiger partial charge is 0.290 e. The second-order valence-corrected chi connectivity index (χ2v) is 4.52. The lowest BCUT2D eigenvalue weighted by Gasteiger charge is -2.18. The molecule has 1 aliphatic heterocycles. The standard InChI is InChI=1S/C14H14N4O4/c1-9-12(21-6-5-20-9)14(19)16-8-11-17-13(18-22-11)10-3-2-4-15-7-10/h2-4,7H,5-6,8H2,1H3,(H,16,19). The number of allylic oxidation sites excluding steroid dienone is 1. The molecule has 8 nitrogen and oxygen atoms in total. The van der Waals surface area contributed by atoms with E-state index in [9.17, 15) is 4.79 Å². The summed E-state index contributed by atoms with van der Waals surface area (Å²) < 4.78 is 15.6. The highest BCUT2D eigenvalue weighted by atomic mass is 16.6. The van der Waals surface area contributed by atoms with Gasteiger partial charge in [0.15, 0.2) is 0 Å². The van der Waals surface area contributed by atoms with Crippen LogP contribution in [0.3, 0.4) is 0 Å². The first kappa shape index (κ1) is 14.1. The highest BCUT2D eigenvalue weighted by Gasteiger charge is 2.20. The topological polar surface area (TPSA) is 99.4 Å². The predicted octanol–water partition coefficient (Wildman–Crippen LogP) is 1.03. The van der Waals surface area contributed by atoms with E-state index in [0.29, 0.717) is 30.7 Å². The molecule has 1 amide bonds. The molecule has 3 rings (SSSR count). The van der Waals surface area contributed by atoms with Gasteiger partial charge in [0.1, 0.15) is 19.0 Å². The molecule has 2 aromatic rings. The maximum Gasteiger partial charge on any atom is 0.290 e. The summed E-state index contributed by atoms with van der Waals surface area (Å²) >= 11 is 0. The quantitative estimate of drug-likeness (QED) is 0.900. The summed E-state index contributed by atoms with van der Waals surface area (Å²) in [6.07, 6.45) is 3.29. The van der Waals surface area contributed by atoms with Gasteiger partial charge in [-0.05, 0) is 19.1 Å². The largest absolute Gasteiger partial charge is 0.491 e. The minimum atomic E-state index is -0.377. The molecule has 22 heavy (non-hydrogen) atoms. The van der Waals surface area contributed by atoms with Crippen molar-refractivity contribution in [3.8, 4) is 11.4 Å². The molecule has 0 aromatic carbocycles. The molecule has 1 aliphatic rings. The summed E-state index contributed by atoms with van der Waals surface area (Å²) in [4.78, 5) is 20.2. The number of carbonyl (C=O) groups is 1. The molecule has 0 radical (unpaired) electrons. The van der Waals surface area contributed by atoms with Gasteiger partial charge < -0.3 is 19.3 Å². The van der Waals surface area contributed by atoms with Crippen LogP contribution >= 0.6 is 0 Å². The summed E-state index contributed by atoms with van der Waals surface area (Å²) in [6.45, 7) is 2.58. The Morgan fingerprint density at radius 1 is 1.36 bits per heavy atom. The zero-order chi connectivity index (χ0) is 15.4. The molecule has 0 atom stereocenters. The Bertz CT molecular complexity index is 696. The van der Waals surface area contributed by atoms with E-state index in [0.717, 1.165) is 5.56 Å². The summed E-state index contributed by atoms with van der Waals surface area (Å²) in [5.41, 5.74) is 0.742. The lowest BCUT2D eigenvalue weighted by molar-refractivity contribution is -0.123. The van der Waals surface area contributed by atoms with E-state index in [1.54, 1.807) is 25.4 Å². The number of carbonyl (C=O) groups excluding carboxylic acids is 1. The average Bonchev–Trinajstić information content (AvgIpc) is 3.03. The zero-order valence-electron chi connectivity index (χ0n) is 11.9. The maximum absolute atomic E-state index is 12.0. The van der Waals surface area contributed by atoms with E-state index in [-0.39, 0.29) is 18.2 Å². The molecule has 0 saturated heterocycles. The van der Waals surface area contributed by atoms with Crippen LogP contribution in [0.2, 0.25) is 0 Å². The zero-order valence-corrected chi connectivity index (χ0v) is 11.9. The van der Waals surface area contributed by atoms with E-state index in [1.807, 2.05) is 6.07 Å². The Balaban J connectivity index is 1.63. The van der Waals surface area contributed by atoms with Crippen molar-refractivity contribution in [2.24, 2.45) is 0 Å². The second kappa shape index (κ2) is 6.25. The maximum atomic E-state index is 12.0. The minimum Gasteiger partial charge on any atom is -0.491 e. The van der Waals surface area contributed by atoms with E-state index >= 15 is 0 Å². The van der Waals surface area contributed by atoms with Crippen LogP contribution < -0.4 is 5.32 Å². The van der Waals surface area contributed by atoms with Crippen molar-refractivity contribution in [2.45, 2.75) is 13.5 Å². The van der Waals surface area contributed by atoms with Gasteiger partial charge in [0.05, 0.1) is 6.54 Å². The van der Waals surface area contributed by atoms with Crippen LogP contribution in [0.15, 0.2) is 40.6 Å². The molecular weight excluding hydrogens is 288 g/mol. The predicted molar refractivity (Wildman–Crippen MR) is 74.0 cm³/mol. The Morgan fingerprint density at radius 2 is 2.23 bits per heavy atom. The molecule has 0 bridgehead atoms. The highest BCUT2D eigenvalue weighted by Crippen LogP contribution is 2.15. The van der Waals surface area contributed by atoms with Crippen LogP contribution in [-0.4, -0.2) is 34.2 Å². The first-order chi connectivity index (χ1) is 10.7. The summed E-state index contributed by atoms with van der Waals surface area (Å²) in [5, 5.41) is 6.50. The van der Waals surface area contributed by atoms with Crippen molar-refractivity contribution in [3.63, 3.8) is 0 Å². The van der Waals surface area contributed by atoms with E-state index in [4.69, 9.17) is 14.0 Å². The van der Waals surface area contributed by atoms with Crippen LogP contribution in [0, 0.1) is 0 Å². The van der Waals surface area contributed by atoms with Crippen molar-refractivity contribution in [3.05, 3.63) is 41.9 Å². The minimum absolute atomic E-state index is 0.103. The fraction of sp³-hybridized carbons (Fsp3) is 0.286. The monoisotopic (exact) mass is 302 g/mol. The van der Waals surface area contributed by atoms with Crippen LogP contribution in [0.4, 0.5) is 0 Å². The van der Waals surface area contributed by atoms with Gasteiger partial charge in [0, 0.05) is 18.0 Å². The fourth-order valence-electron chi connectivity index (χ4n) is 1.91. The number of amides is 1. The van der Waals surface area contributed by atoms with Gasteiger partial charge in [0.25, 0.3) is 5.91 Å². The fourth-order valence-corrected chi connectivity index (χ4v) is 1.91. The first-order valence-corrected chi connectivity index (χ1v) is 6.71. The van der Waals surface area contributed by atoms with Gasteiger partial charge in [-0.2, -0.15) is 4.98 Å². The molecule has 0 spiro atoms. The normalized spacial score (nSPS) is 14.2. The molecule has 3 heterocycles. The molecule has 0 aliphatic carbocycles. The van der Waals surface area contributed by atoms with Gasteiger partial charge in [-0.25, -0.2) is 0 Å². The number of aromatic nitrogens is 3. The van der Waals surface area contributed by atoms with E-state index in [2.05, 4.69) is 20.4 Å². The summed E-state index contributed by atoms with van der Waals surface area (Å²) in [6, 6.07) is 3.60. The number of nitrogens with zero attached hydrogens (tertiary/aromatic N) is 3. The van der Waals surface area contributed by atoms with Gasteiger partial charge in [0.2, 0.25) is 17.5 Å². The third-order valence-electron chi connectivity index (χ3n) is 2.96. The third kappa shape index (κ3) is 3.05. The highest BCUT2D eigenvalue weighted by molar-refractivity contribution is 5.91. The Hall–Kier alpha value is -2.90. The van der Waals surface area contributed by atoms with Crippen molar-refractivity contribution < 1.29 is 18.8 Å². The Labute approximate surface area is 126 Å². The SMILES string of the molecule is CC1=C(C(=O)NCc2nc(-c3cccnc3)no2)OCCO1. The number of ether oxygens (including phenoxy) is 2. The number of hydrogen-bond acceptors (Lipinski definition) is 7. The molecule has 2 aromatic heterocycles. The Morgan fingerprint density at radius 3 is 3.00 bits per heavy atom. The van der Waals surface area contributed by atoms with Gasteiger partial charge in [-0.15, -0.1) is 0 Å². The lowest BCUT2D eigenvalue weighted by Crippen LogP contribution is -2.29. The second-order valence-electron chi connectivity index (χ2n) is 4.52. The van der Waals surface area contributed by atoms with E-state index in [1.165, 1.54) is 0 Å². The number of rotatable bonds is 4.